The zero-order valence-electron chi connectivity index (χ0n) is 39.3. The summed E-state index contributed by atoms with van der Waals surface area (Å²) >= 11 is 0. The summed E-state index contributed by atoms with van der Waals surface area (Å²) in [7, 11) is 0. The normalized spacial score (nSPS) is 49.4. The third kappa shape index (κ3) is 6.44. The van der Waals surface area contributed by atoms with Gasteiger partial charge in [0.05, 0.1) is 23.9 Å². The van der Waals surface area contributed by atoms with Crippen LogP contribution in [0, 0.1) is 69.0 Å². The van der Waals surface area contributed by atoms with Gasteiger partial charge in [0.25, 0.3) is 0 Å². The fourth-order valence-corrected chi connectivity index (χ4v) is 18.5. The number of carbonyl (C=O) groups is 1. The Morgan fingerprint density at radius 2 is 1.64 bits per heavy atom. The topological polar surface area (TPSA) is 142 Å². The summed E-state index contributed by atoms with van der Waals surface area (Å²) < 4.78 is 14.4. The van der Waals surface area contributed by atoms with E-state index in [2.05, 4.69) is 39.9 Å². The first-order chi connectivity index (χ1) is 28.9. The molecule has 0 amide bonds. The first-order valence-corrected chi connectivity index (χ1v) is 26.2. The largest absolute Gasteiger partial charge is 0.393 e. The fourth-order valence-electron chi connectivity index (χ4n) is 18.5. The van der Waals surface area contributed by atoms with Gasteiger partial charge in [-0.15, -0.1) is 0 Å². The Hall–Kier alpha value is -0.870. The van der Waals surface area contributed by atoms with E-state index < -0.39 is 28.3 Å². The van der Waals surface area contributed by atoms with Crippen molar-refractivity contribution in [2.45, 2.75) is 231 Å². The number of allylic oxidation sites excluding steroid dienone is 1. The van der Waals surface area contributed by atoms with Gasteiger partial charge in [-0.1, -0.05) is 86.0 Å². The Morgan fingerprint density at radius 3 is 2.36 bits per heavy atom. The quantitative estimate of drug-likeness (QED) is 0.140. The lowest BCUT2D eigenvalue weighted by atomic mass is 9.35. The highest BCUT2D eigenvalue weighted by atomic mass is 16.6. The first kappa shape index (κ1) is 44.0. The molecule has 7 N–H and O–H groups in total. The fraction of sp³-hybridized carbons (Fsp3) is 0.943. The van der Waals surface area contributed by atoms with Crippen molar-refractivity contribution in [2.75, 3.05) is 13.2 Å². The minimum Gasteiger partial charge on any atom is -0.393 e. The van der Waals surface area contributed by atoms with Crippen molar-refractivity contribution in [3.05, 3.63) is 11.1 Å². The number of fused-ring (bicyclic) bond motifs is 3. The minimum atomic E-state index is -1.09. The van der Waals surface area contributed by atoms with Crippen molar-refractivity contribution < 1.29 is 34.9 Å². The molecule has 7 aliphatic carbocycles. The number of piperidine rings is 1. The van der Waals surface area contributed by atoms with Crippen LogP contribution in [0.4, 0.5) is 0 Å². The molecule has 0 aromatic heterocycles. The second-order valence-corrected chi connectivity index (χ2v) is 25.4. The predicted molar refractivity (Wildman–Crippen MR) is 238 cm³/mol. The van der Waals surface area contributed by atoms with Crippen molar-refractivity contribution in [1.82, 2.24) is 0 Å². The van der Waals surface area contributed by atoms with E-state index in [0.717, 1.165) is 102 Å². The van der Waals surface area contributed by atoms with Crippen LogP contribution < -0.4 is 11.1 Å². The highest BCUT2D eigenvalue weighted by Gasteiger charge is 2.80. The van der Waals surface area contributed by atoms with Crippen molar-refractivity contribution in [3.8, 4) is 0 Å². The van der Waals surface area contributed by atoms with E-state index in [-0.39, 0.29) is 64.1 Å². The summed E-state index contributed by atoms with van der Waals surface area (Å²) in [5, 5.41) is 41.0. The van der Waals surface area contributed by atoms with Crippen molar-refractivity contribution in [2.24, 2.45) is 74.7 Å². The number of carbonyl (C=O) groups excluding carboxylic acids is 1. The molecule has 344 valence electrons. The molecule has 3 aliphatic heterocycles. The molecule has 16 unspecified atom stereocenters. The maximum atomic E-state index is 15.4. The van der Waals surface area contributed by atoms with Gasteiger partial charge in [-0.25, -0.2) is 0 Å². The average molecular weight is 848 g/mol. The molecular formula is C53H87N2O6+. The number of hydrogen-bond donors (Lipinski definition) is 5. The van der Waals surface area contributed by atoms with Gasteiger partial charge in [0, 0.05) is 24.4 Å². The second kappa shape index (κ2) is 15.3. The number of ether oxygens (including phenoxy) is 2. The van der Waals surface area contributed by atoms with Gasteiger partial charge in [-0.3, -0.25) is 10.5 Å². The summed E-state index contributed by atoms with van der Waals surface area (Å²) in [6, 6.07) is 0. The van der Waals surface area contributed by atoms with Gasteiger partial charge >= 0.3 is 0 Å². The molecule has 3 heterocycles. The van der Waals surface area contributed by atoms with Crippen molar-refractivity contribution in [3.63, 3.8) is 0 Å². The van der Waals surface area contributed by atoms with Crippen LogP contribution in [0.5, 0.6) is 0 Å². The molecule has 8 nitrogen and oxygen atoms in total. The Bertz CT molecular complexity index is 1710. The molecule has 8 fully saturated rings. The van der Waals surface area contributed by atoms with Crippen LogP contribution in [0.1, 0.15) is 189 Å². The van der Waals surface area contributed by atoms with Crippen LogP contribution in [0.2, 0.25) is 0 Å². The molecule has 16 atom stereocenters. The zero-order chi connectivity index (χ0) is 43.0. The molecule has 1 spiro atoms. The molecule has 0 bridgehead atoms. The number of ketones is 1. The van der Waals surface area contributed by atoms with Gasteiger partial charge in [-0.05, 0) is 166 Å². The highest BCUT2D eigenvalue weighted by molar-refractivity contribution is 6.00. The summed E-state index contributed by atoms with van der Waals surface area (Å²) in [6.45, 7) is 15.6. The minimum absolute atomic E-state index is 0.0471. The van der Waals surface area contributed by atoms with Crippen LogP contribution in [0.3, 0.4) is 0 Å². The summed E-state index contributed by atoms with van der Waals surface area (Å²) in [5.41, 5.74) is 4.55. The van der Waals surface area contributed by atoms with Crippen molar-refractivity contribution >= 4 is 5.78 Å². The van der Waals surface area contributed by atoms with E-state index in [1.807, 2.05) is 6.92 Å². The SMILES string of the molecule is CC1CCOC(C2OC2C(C)(O)C(C)(C)CCC2CC[NH2+]C(N)C2)(C2CC3CCC4=C5C(C(CCC6CCCCC6)CC2(C)C53O)C2(C)C(CC(O)CC23CCCC3)C4=O)C1. The highest BCUT2D eigenvalue weighted by Crippen LogP contribution is 2.79. The maximum Gasteiger partial charge on any atom is 0.162 e. The molecule has 5 saturated carbocycles. The third-order valence-electron chi connectivity index (χ3n) is 22.2. The number of aliphatic hydroxyl groups excluding tert-OH is 1. The van der Waals surface area contributed by atoms with Crippen LogP contribution in [0.25, 0.3) is 0 Å². The van der Waals surface area contributed by atoms with E-state index in [0.29, 0.717) is 30.8 Å². The number of hydrogen-bond acceptors (Lipinski definition) is 7. The lowest BCUT2D eigenvalue weighted by Crippen LogP contribution is -2.94. The van der Waals surface area contributed by atoms with Gasteiger partial charge < -0.3 is 30.1 Å². The maximum absolute atomic E-state index is 15.4. The van der Waals surface area contributed by atoms with E-state index in [9.17, 15) is 15.3 Å². The van der Waals surface area contributed by atoms with E-state index >= 15 is 4.79 Å². The zero-order valence-corrected chi connectivity index (χ0v) is 39.3. The predicted octanol–water partition coefficient (Wildman–Crippen LogP) is 8.14. The van der Waals surface area contributed by atoms with Crippen LogP contribution in [0.15, 0.2) is 11.1 Å². The average Bonchev–Trinajstić information content (AvgIpc) is 3.86. The Kier molecular flexibility index (Phi) is 11.1. The molecular weight excluding hydrogens is 761 g/mol. The molecule has 0 radical (unpaired) electrons. The van der Waals surface area contributed by atoms with Gasteiger partial charge in [0.15, 0.2) is 5.78 Å². The number of rotatable bonds is 10. The third-order valence-corrected chi connectivity index (χ3v) is 22.2. The molecule has 3 saturated heterocycles. The molecule has 0 aromatic carbocycles. The number of aliphatic hydroxyl groups is 3. The van der Waals surface area contributed by atoms with E-state index in [1.54, 1.807) is 0 Å². The molecule has 0 aromatic rings. The first-order valence-electron chi connectivity index (χ1n) is 26.2. The van der Waals surface area contributed by atoms with Crippen LogP contribution >= 0.6 is 0 Å². The van der Waals surface area contributed by atoms with Crippen LogP contribution in [-0.2, 0) is 14.3 Å². The van der Waals surface area contributed by atoms with Gasteiger partial charge in [0.1, 0.15) is 24.0 Å². The number of Topliss-reactive ketones (excluding diaryl/α,β-unsaturated/α-hetero) is 1. The van der Waals surface area contributed by atoms with E-state index in [4.69, 9.17) is 15.2 Å². The lowest BCUT2D eigenvalue weighted by molar-refractivity contribution is -0.699. The summed E-state index contributed by atoms with van der Waals surface area (Å²) in [6.07, 6.45) is 23.8. The Labute approximate surface area is 369 Å². The molecule has 61 heavy (non-hydrogen) atoms. The van der Waals surface area contributed by atoms with Crippen LogP contribution in [-0.4, -0.2) is 75.5 Å². The number of quaternary nitrogens is 1. The standard InChI is InChI=1S/C53H86N2O6/c1-32-20-25-60-52(29-32,46-45(61-46)50(6,58)47(2,3)23-18-34-19-24-55-41(54)26-34)40-27-36-16-17-38-43-42(49(5)39(44(38)57)28-37(56)31-51(49)21-10-11-22-51)35(30-48(40,4)53(36,43)59)15-14-33-12-8-7-9-13-33/h32-37,39-42,45-46,55-56,58-59H,7-31,54H2,1-6H3/p+1. The second-order valence-electron chi connectivity index (χ2n) is 25.4. The van der Waals surface area contributed by atoms with Gasteiger partial charge in [0.2, 0.25) is 0 Å². The van der Waals surface area contributed by atoms with Crippen molar-refractivity contribution in [1.29, 1.82) is 0 Å². The van der Waals surface area contributed by atoms with E-state index in [1.165, 1.54) is 63.4 Å². The summed E-state index contributed by atoms with van der Waals surface area (Å²) in [5.74, 6) is 2.57. The lowest BCUT2D eigenvalue weighted by Gasteiger charge is -2.69. The smallest absolute Gasteiger partial charge is 0.162 e. The molecule has 8 heteroatoms. The molecule has 10 aliphatic rings. The summed E-state index contributed by atoms with van der Waals surface area (Å²) in [4.78, 5) is 15.4. The Morgan fingerprint density at radius 1 is 0.885 bits per heavy atom. The Balaban J connectivity index is 1.04. The van der Waals surface area contributed by atoms with Gasteiger partial charge in [-0.2, -0.15) is 0 Å². The monoisotopic (exact) mass is 848 g/mol. The molecule has 10 rings (SSSR count). The number of epoxide rings is 1. The number of nitrogens with two attached hydrogens (primary N) is 2.